The van der Waals surface area contributed by atoms with Crippen LogP contribution in [-0.4, -0.2) is 47.4 Å². The predicted molar refractivity (Wildman–Crippen MR) is 130 cm³/mol. The van der Waals surface area contributed by atoms with Gasteiger partial charge in [-0.25, -0.2) is 0 Å². The molecule has 0 bridgehead atoms. The van der Waals surface area contributed by atoms with Crippen molar-refractivity contribution in [2.24, 2.45) is 0 Å². The molecule has 1 aliphatic rings. The minimum Gasteiger partial charge on any atom is -0.550 e. The number of carboxylic acids is 1. The summed E-state index contributed by atoms with van der Waals surface area (Å²) < 4.78 is 11.2. The predicted octanol–water partition coefficient (Wildman–Crippen LogP) is 5.02. The maximum absolute atomic E-state index is 10.3. The molecule has 4 atom stereocenters. The molecule has 196 valence electrons. The Labute approximate surface area is 202 Å². The first-order chi connectivity index (χ1) is 16.0. The van der Waals surface area contributed by atoms with Gasteiger partial charge in [-0.3, -0.25) is 0 Å². The quantitative estimate of drug-likeness (QED) is 0.215. The van der Waals surface area contributed by atoms with Gasteiger partial charge in [-0.05, 0) is 26.2 Å². The zero-order chi connectivity index (χ0) is 24.2. The van der Waals surface area contributed by atoms with Gasteiger partial charge in [0.05, 0.1) is 12.2 Å². The van der Waals surface area contributed by atoms with E-state index in [1.54, 1.807) is 0 Å². The summed E-state index contributed by atoms with van der Waals surface area (Å²) >= 11 is 0. The molecule has 0 aromatic rings. The second kappa shape index (κ2) is 20.7. The van der Waals surface area contributed by atoms with Crippen molar-refractivity contribution in [3.8, 4) is 0 Å². The minimum atomic E-state index is -0.918. The number of aliphatic hydroxyl groups excluding tert-OH is 2. The number of unbranched alkanes of at least 4 members (excludes halogenated alkanes) is 17. The highest BCUT2D eigenvalue weighted by Crippen LogP contribution is 2.21. The summed E-state index contributed by atoms with van der Waals surface area (Å²) in [7, 11) is 0. The smallest absolute Gasteiger partial charge is 0.183 e. The van der Waals surface area contributed by atoms with Crippen LogP contribution in [0.5, 0.6) is 0 Å². The van der Waals surface area contributed by atoms with Gasteiger partial charge in [-0.15, -0.1) is 0 Å². The van der Waals surface area contributed by atoms with Gasteiger partial charge < -0.3 is 29.6 Å². The molecule has 1 aliphatic heterocycles. The van der Waals surface area contributed by atoms with Gasteiger partial charge in [-0.1, -0.05) is 103 Å². The fraction of sp³-hybridized carbons (Fsp3) is 0.963. The SMILES string of the molecule is C[C@@H]1O[C@@H](OCCCCCCCCCCCCCCCCCCCCC(=O)[O-])[C@H](O)C[C@H]1O. The second-order valence-electron chi connectivity index (χ2n) is 9.94. The number of carbonyl (C=O) groups excluding carboxylic acids is 1. The zero-order valence-electron chi connectivity index (χ0n) is 21.2. The van der Waals surface area contributed by atoms with Crippen molar-refractivity contribution in [2.75, 3.05) is 6.61 Å². The first-order valence-corrected chi connectivity index (χ1v) is 13.8. The molecule has 2 N–H and O–H groups in total. The van der Waals surface area contributed by atoms with Gasteiger partial charge >= 0.3 is 0 Å². The molecule has 6 heteroatoms. The van der Waals surface area contributed by atoms with Crippen LogP contribution in [0.1, 0.15) is 135 Å². The van der Waals surface area contributed by atoms with Gasteiger partial charge in [-0.2, -0.15) is 0 Å². The molecule has 0 amide bonds. The van der Waals surface area contributed by atoms with Crippen molar-refractivity contribution in [3.05, 3.63) is 0 Å². The average Bonchev–Trinajstić information content (AvgIpc) is 2.77. The normalized spacial score (nSPS) is 23.1. The van der Waals surface area contributed by atoms with Crippen LogP contribution in [0.15, 0.2) is 0 Å². The van der Waals surface area contributed by atoms with Crippen LogP contribution in [0, 0.1) is 0 Å². The summed E-state index contributed by atoms with van der Waals surface area (Å²) in [6.07, 6.45) is 20.6. The van der Waals surface area contributed by atoms with E-state index in [1.807, 2.05) is 6.92 Å². The topological polar surface area (TPSA) is 99.1 Å². The lowest BCUT2D eigenvalue weighted by atomic mass is 10.0. The van der Waals surface area contributed by atoms with Gasteiger partial charge in [0.15, 0.2) is 6.29 Å². The van der Waals surface area contributed by atoms with Crippen molar-refractivity contribution in [3.63, 3.8) is 0 Å². The van der Waals surface area contributed by atoms with Crippen molar-refractivity contribution >= 4 is 5.97 Å². The van der Waals surface area contributed by atoms with Crippen LogP contribution >= 0.6 is 0 Å². The Balaban J connectivity index is 1.72. The molecule has 1 fully saturated rings. The molecule has 1 heterocycles. The summed E-state index contributed by atoms with van der Waals surface area (Å²) in [5.74, 6) is -0.918. The van der Waals surface area contributed by atoms with E-state index >= 15 is 0 Å². The van der Waals surface area contributed by atoms with Crippen LogP contribution in [0.3, 0.4) is 0 Å². The number of carbonyl (C=O) groups is 1. The zero-order valence-corrected chi connectivity index (χ0v) is 21.2. The monoisotopic (exact) mass is 471 g/mol. The Hall–Kier alpha value is -0.690. The third-order valence-electron chi connectivity index (χ3n) is 6.75. The molecule has 0 unspecified atom stereocenters. The Morgan fingerprint density at radius 3 is 1.55 bits per heavy atom. The lowest BCUT2D eigenvalue weighted by Gasteiger charge is -2.35. The summed E-state index contributed by atoms with van der Waals surface area (Å²) in [5.41, 5.74) is 0. The number of ether oxygens (including phenoxy) is 2. The molecule has 0 aliphatic carbocycles. The molecular formula is C27H51O6-. The van der Waals surface area contributed by atoms with Crippen molar-refractivity contribution in [1.82, 2.24) is 0 Å². The van der Waals surface area contributed by atoms with Gasteiger partial charge in [0.2, 0.25) is 0 Å². The lowest BCUT2D eigenvalue weighted by molar-refractivity contribution is -0.305. The van der Waals surface area contributed by atoms with Gasteiger partial charge in [0.25, 0.3) is 0 Å². The molecule has 0 aromatic heterocycles. The Bertz CT molecular complexity index is 458. The lowest BCUT2D eigenvalue weighted by Crippen LogP contribution is -2.47. The van der Waals surface area contributed by atoms with Crippen molar-refractivity contribution in [2.45, 2.75) is 160 Å². The molecule has 6 nitrogen and oxygen atoms in total. The van der Waals surface area contributed by atoms with Crippen LogP contribution in [-0.2, 0) is 14.3 Å². The van der Waals surface area contributed by atoms with E-state index in [2.05, 4.69) is 0 Å². The number of rotatable bonds is 22. The summed E-state index contributed by atoms with van der Waals surface area (Å²) in [4.78, 5) is 10.3. The highest BCUT2D eigenvalue weighted by molar-refractivity contribution is 5.64. The average molecular weight is 472 g/mol. The third kappa shape index (κ3) is 17.4. The number of hydrogen-bond acceptors (Lipinski definition) is 6. The molecular weight excluding hydrogens is 420 g/mol. The minimum absolute atomic E-state index is 0.214. The van der Waals surface area contributed by atoms with Crippen LogP contribution in [0.25, 0.3) is 0 Å². The van der Waals surface area contributed by atoms with E-state index in [0.29, 0.717) is 13.0 Å². The maximum Gasteiger partial charge on any atom is 0.183 e. The highest BCUT2D eigenvalue weighted by Gasteiger charge is 2.34. The Kier molecular flexibility index (Phi) is 19.0. The second-order valence-corrected chi connectivity index (χ2v) is 9.94. The van der Waals surface area contributed by atoms with E-state index in [0.717, 1.165) is 32.1 Å². The summed E-state index contributed by atoms with van der Waals surface area (Å²) in [6, 6.07) is 0. The number of aliphatic hydroxyl groups is 2. The molecule has 1 saturated heterocycles. The Morgan fingerprint density at radius 2 is 1.12 bits per heavy atom. The Morgan fingerprint density at radius 1 is 0.727 bits per heavy atom. The molecule has 33 heavy (non-hydrogen) atoms. The van der Waals surface area contributed by atoms with E-state index in [-0.39, 0.29) is 12.5 Å². The summed E-state index contributed by atoms with van der Waals surface area (Å²) in [6.45, 7) is 2.42. The van der Waals surface area contributed by atoms with E-state index in [9.17, 15) is 20.1 Å². The van der Waals surface area contributed by atoms with Crippen LogP contribution in [0.4, 0.5) is 0 Å². The van der Waals surface area contributed by atoms with Crippen LogP contribution in [0.2, 0.25) is 0 Å². The number of carboxylic acid groups (broad SMARTS) is 1. The molecule has 1 rings (SSSR count). The first-order valence-electron chi connectivity index (χ1n) is 13.8. The molecule has 0 spiro atoms. The fourth-order valence-corrected chi connectivity index (χ4v) is 4.49. The fourth-order valence-electron chi connectivity index (χ4n) is 4.49. The third-order valence-corrected chi connectivity index (χ3v) is 6.75. The summed E-state index contributed by atoms with van der Waals surface area (Å²) in [5, 5.41) is 29.9. The maximum atomic E-state index is 10.3. The van der Waals surface area contributed by atoms with E-state index < -0.39 is 24.5 Å². The van der Waals surface area contributed by atoms with Gasteiger partial charge in [0, 0.05) is 19.0 Å². The van der Waals surface area contributed by atoms with E-state index in [4.69, 9.17) is 9.47 Å². The number of aliphatic carboxylic acids is 1. The highest BCUT2D eigenvalue weighted by atomic mass is 16.7. The largest absolute Gasteiger partial charge is 0.550 e. The van der Waals surface area contributed by atoms with Gasteiger partial charge in [0.1, 0.15) is 6.10 Å². The van der Waals surface area contributed by atoms with E-state index in [1.165, 1.54) is 83.5 Å². The van der Waals surface area contributed by atoms with Crippen molar-refractivity contribution in [1.29, 1.82) is 0 Å². The molecule has 0 radical (unpaired) electrons. The number of hydrogen-bond donors (Lipinski definition) is 2. The first kappa shape index (κ1) is 30.3. The molecule has 0 aromatic carbocycles. The standard InChI is InChI=1S/C27H52O6/c1-23-24(28)22-25(29)27(33-23)32-21-19-17-15-13-11-9-7-5-3-2-4-6-8-10-12-14-16-18-20-26(30)31/h23-25,27-29H,2-22H2,1H3,(H,30,31)/p-1/t23-,24+,25+,27+/m0/s1. The van der Waals surface area contributed by atoms with Crippen LogP contribution < -0.4 is 5.11 Å². The molecule has 0 saturated carbocycles. The van der Waals surface area contributed by atoms with Crippen molar-refractivity contribution < 1.29 is 29.6 Å².